The van der Waals surface area contributed by atoms with Gasteiger partial charge in [-0.25, -0.2) is 4.98 Å². The van der Waals surface area contributed by atoms with Crippen LogP contribution in [-0.4, -0.2) is 65.2 Å². The average molecular weight is 433 g/mol. The first-order chi connectivity index (χ1) is 15.6. The fourth-order valence-electron chi connectivity index (χ4n) is 4.32. The van der Waals surface area contributed by atoms with Gasteiger partial charge >= 0.3 is 0 Å². The third-order valence-electron chi connectivity index (χ3n) is 6.19. The predicted octanol–water partition coefficient (Wildman–Crippen LogP) is 2.97. The summed E-state index contributed by atoms with van der Waals surface area (Å²) >= 11 is 0. The summed E-state index contributed by atoms with van der Waals surface area (Å²) in [7, 11) is 0. The first kappa shape index (κ1) is 20.6. The lowest BCUT2D eigenvalue weighted by molar-refractivity contribution is -0.119. The zero-order valence-corrected chi connectivity index (χ0v) is 18.6. The molecule has 8 heteroatoms. The number of para-hydroxylation sites is 1. The Bertz CT molecular complexity index is 1100. The maximum absolute atomic E-state index is 12.9. The fourth-order valence-corrected chi connectivity index (χ4v) is 4.32. The van der Waals surface area contributed by atoms with E-state index in [2.05, 4.69) is 31.0 Å². The first-order valence-electron chi connectivity index (χ1n) is 11.2. The highest BCUT2D eigenvalue weighted by atomic mass is 16.5. The normalized spacial score (nSPS) is 16.6. The van der Waals surface area contributed by atoms with Gasteiger partial charge in [0.05, 0.1) is 6.54 Å². The number of aromatic nitrogens is 3. The molecular formula is C24H28N6O2. The van der Waals surface area contributed by atoms with E-state index in [1.54, 1.807) is 6.20 Å². The highest BCUT2D eigenvalue weighted by Gasteiger charge is 2.27. The number of anilines is 2. The Morgan fingerprint density at radius 3 is 2.69 bits per heavy atom. The summed E-state index contributed by atoms with van der Waals surface area (Å²) in [6.07, 6.45) is 2.72. The van der Waals surface area contributed by atoms with Crippen molar-refractivity contribution in [2.24, 2.45) is 0 Å². The molecule has 1 fully saturated rings. The highest BCUT2D eigenvalue weighted by molar-refractivity contribution is 5.96. The monoisotopic (exact) mass is 432 g/mol. The quantitative estimate of drug-likeness (QED) is 0.613. The van der Waals surface area contributed by atoms with Gasteiger partial charge in [0.1, 0.15) is 5.82 Å². The molecule has 0 atom stereocenters. The summed E-state index contributed by atoms with van der Waals surface area (Å²) < 4.78 is 5.43. The topological polar surface area (TPSA) is 78.6 Å². The van der Waals surface area contributed by atoms with Crippen LogP contribution < -0.4 is 9.80 Å². The van der Waals surface area contributed by atoms with Crippen LogP contribution in [0.15, 0.2) is 47.1 Å². The van der Waals surface area contributed by atoms with Crippen LogP contribution >= 0.6 is 0 Å². The number of pyridine rings is 1. The number of carbonyl (C=O) groups is 1. The fraction of sp³-hybridized carbons (Fsp3) is 0.417. The molecular weight excluding hydrogens is 404 g/mol. The molecule has 0 radical (unpaired) electrons. The van der Waals surface area contributed by atoms with Gasteiger partial charge in [0, 0.05) is 56.1 Å². The highest BCUT2D eigenvalue weighted by Crippen LogP contribution is 2.28. The van der Waals surface area contributed by atoms with Gasteiger partial charge in [0.25, 0.3) is 5.89 Å². The molecule has 0 unspecified atom stereocenters. The number of fused-ring (bicyclic) bond motifs is 1. The number of amides is 1. The second-order valence-corrected chi connectivity index (χ2v) is 8.70. The second kappa shape index (κ2) is 8.70. The van der Waals surface area contributed by atoms with E-state index in [-0.39, 0.29) is 11.8 Å². The summed E-state index contributed by atoms with van der Waals surface area (Å²) in [5.41, 5.74) is 3.21. The van der Waals surface area contributed by atoms with E-state index in [9.17, 15) is 4.79 Å². The largest absolute Gasteiger partial charge is 0.354 e. The lowest BCUT2D eigenvalue weighted by atomic mass is 10.2. The van der Waals surface area contributed by atoms with Crippen LogP contribution in [-0.2, 0) is 11.2 Å². The van der Waals surface area contributed by atoms with Crippen molar-refractivity contribution >= 4 is 17.4 Å². The zero-order valence-electron chi connectivity index (χ0n) is 18.6. The van der Waals surface area contributed by atoms with Crippen molar-refractivity contribution in [1.29, 1.82) is 0 Å². The molecule has 2 aromatic heterocycles. The van der Waals surface area contributed by atoms with Crippen molar-refractivity contribution in [3.05, 3.63) is 54.0 Å². The van der Waals surface area contributed by atoms with E-state index in [0.29, 0.717) is 18.3 Å². The lowest BCUT2D eigenvalue weighted by Crippen LogP contribution is -2.50. The third kappa shape index (κ3) is 4.10. The molecule has 0 bridgehead atoms. The molecule has 0 aliphatic carbocycles. The smallest absolute Gasteiger partial charge is 0.258 e. The van der Waals surface area contributed by atoms with E-state index in [1.165, 1.54) is 5.56 Å². The molecule has 0 saturated carbocycles. The molecule has 5 rings (SSSR count). The minimum absolute atomic E-state index is 0.181. The maximum atomic E-state index is 12.9. The third-order valence-corrected chi connectivity index (χ3v) is 6.19. The van der Waals surface area contributed by atoms with E-state index >= 15 is 0 Å². The number of nitrogens with zero attached hydrogens (tertiary/aromatic N) is 6. The van der Waals surface area contributed by atoms with Crippen molar-refractivity contribution in [2.75, 3.05) is 49.1 Å². The number of carbonyl (C=O) groups excluding carboxylic acids is 1. The predicted molar refractivity (Wildman–Crippen MR) is 123 cm³/mol. The molecule has 32 heavy (non-hydrogen) atoms. The molecule has 1 amide bonds. The van der Waals surface area contributed by atoms with E-state index in [4.69, 9.17) is 4.52 Å². The van der Waals surface area contributed by atoms with Gasteiger partial charge in [-0.2, -0.15) is 4.98 Å². The standard InChI is InChI=1S/C24H28N6O2/c1-17(2)23-26-24(32-27-23)19-7-9-25-21(15-19)29-13-11-28(12-14-29)16-22(31)30-10-8-18-5-3-4-6-20(18)30/h3-7,9,15,17H,8,10-14,16H2,1-2H3. The Morgan fingerprint density at radius 1 is 1.09 bits per heavy atom. The van der Waals surface area contributed by atoms with Crippen molar-refractivity contribution in [2.45, 2.75) is 26.2 Å². The molecule has 8 nitrogen and oxygen atoms in total. The van der Waals surface area contributed by atoms with Gasteiger partial charge in [-0.1, -0.05) is 37.2 Å². The number of hydrogen-bond donors (Lipinski definition) is 0. The van der Waals surface area contributed by atoms with Crippen LogP contribution in [0, 0.1) is 0 Å². The van der Waals surface area contributed by atoms with Crippen molar-refractivity contribution < 1.29 is 9.32 Å². The minimum atomic E-state index is 0.181. The van der Waals surface area contributed by atoms with Crippen LogP contribution in [0.1, 0.15) is 31.2 Å². The van der Waals surface area contributed by atoms with Crippen molar-refractivity contribution in [3.63, 3.8) is 0 Å². The number of benzene rings is 1. The van der Waals surface area contributed by atoms with Crippen LogP contribution in [0.4, 0.5) is 11.5 Å². The van der Waals surface area contributed by atoms with Crippen LogP contribution in [0.2, 0.25) is 0 Å². The SMILES string of the molecule is CC(C)c1noc(-c2ccnc(N3CCN(CC(=O)N4CCc5ccccc54)CC3)c2)n1. The molecule has 1 saturated heterocycles. The zero-order chi connectivity index (χ0) is 22.1. The number of rotatable bonds is 5. The maximum Gasteiger partial charge on any atom is 0.258 e. The summed E-state index contributed by atoms with van der Waals surface area (Å²) in [6, 6.07) is 12.1. The summed E-state index contributed by atoms with van der Waals surface area (Å²) in [5, 5.41) is 4.06. The van der Waals surface area contributed by atoms with Gasteiger partial charge < -0.3 is 14.3 Å². The molecule has 0 N–H and O–H groups in total. The van der Waals surface area contributed by atoms with Crippen LogP contribution in [0.3, 0.4) is 0 Å². The van der Waals surface area contributed by atoms with Crippen molar-refractivity contribution in [1.82, 2.24) is 20.0 Å². The number of hydrogen-bond acceptors (Lipinski definition) is 7. The Hall–Kier alpha value is -3.26. The van der Waals surface area contributed by atoms with Crippen LogP contribution in [0.25, 0.3) is 11.5 Å². The summed E-state index contributed by atoms with van der Waals surface area (Å²) in [5.74, 6) is 2.52. The molecule has 166 valence electrons. The van der Waals surface area contributed by atoms with E-state index < -0.39 is 0 Å². The lowest BCUT2D eigenvalue weighted by Gasteiger charge is -2.35. The van der Waals surface area contributed by atoms with Crippen LogP contribution in [0.5, 0.6) is 0 Å². The van der Waals surface area contributed by atoms with Gasteiger partial charge in [-0.15, -0.1) is 0 Å². The average Bonchev–Trinajstić information content (AvgIpc) is 3.48. The Labute approximate surface area is 187 Å². The van der Waals surface area contributed by atoms with Gasteiger partial charge in [0.15, 0.2) is 5.82 Å². The summed E-state index contributed by atoms with van der Waals surface area (Å²) in [4.78, 5) is 28.4. The Morgan fingerprint density at radius 2 is 1.91 bits per heavy atom. The van der Waals surface area contributed by atoms with E-state index in [1.807, 2.05) is 49.1 Å². The first-order valence-corrected chi connectivity index (χ1v) is 11.2. The van der Waals surface area contributed by atoms with Gasteiger partial charge in [0.2, 0.25) is 5.91 Å². The van der Waals surface area contributed by atoms with Gasteiger partial charge in [-0.3, -0.25) is 9.69 Å². The summed E-state index contributed by atoms with van der Waals surface area (Å²) in [6.45, 7) is 8.61. The molecule has 1 aromatic carbocycles. The number of piperazine rings is 1. The van der Waals surface area contributed by atoms with Gasteiger partial charge in [-0.05, 0) is 30.2 Å². The molecule has 4 heterocycles. The minimum Gasteiger partial charge on any atom is -0.354 e. The Kier molecular flexibility index (Phi) is 5.61. The molecule has 2 aliphatic rings. The Balaban J connectivity index is 1.19. The van der Waals surface area contributed by atoms with Crippen molar-refractivity contribution in [3.8, 4) is 11.5 Å². The van der Waals surface area contributed by atoms with E-state index in [0.717, 1.165) is 56.2 Å². The molecule has 0 spiro atoms. The second-order valence-electron chi connectivity index (χ2n) is 8.70. The molecule has 2 aliphatic heterocycles. The molecule has 3 aromatic rings.